The fourth-order valence-corrected chi connectivity index (χ4v) is 7.10. The molecular formula is C48H76N2. The predicted octanol–water partition coefficient (Wildman–Crippen LogP) is 15.4. The Kier molecular flexibility index (Phi) is 24.1. The molecule has 0 unspecified atom stereocenters. The first-order valence-electron chi connectivity index (χ1n) is 21.5. The lowest BCUT2D eigenvalue weighted by atomic mass is 10.0. The van der Waals surface area contributed by atoms with Gasteiger partial charge in [0.05, 0.1) is 0 Å². The molecule has 0 radical (unpaired) electrons. The summed E-state index contributed by atoms with van der Waals surface area (Å²) >= 11 is 0. The van der Waals surface area contributed by atoms with Gasteiger partial charge in [-0.2, -0.15) is 0 Å². The molecule has 3 aromatic rings. The molecule has 0 saturated carbocycles. The molecular weight excluding hydrogens is 605 g/mol. The van der Waals surface area contributed by atoms with Gasteiger partial charge in [0.2, 0.25) is 0 Å². The van der Waals surface area contributed by atoms with Gasteiger partial charge in [0, 0.05) is 24.5 Å². The number of nitrogens with one attached hydrogen (secondary N) is 2. The van der Waals surface area contributed by atoms with E-state index in [2.05, 4.69) is 97.3 Å². The molecule has 278 valence electrons. The molecule has 2 nitrogen and oxygen atoms in total. The van der Waals surface area contributed by atoms with Crippen LogP contribution in [0.3, 0.4) is 0 Å². The number of hydrogen-bond donors (Lipinski definition) is 2. The first-order valence-corrected chi connectivity index (χ1v) is 21.5. The summed E-state index contributed by atoms with van der Waals surface area (Å²) in [6.45, 7) is 6.30. The molecule has 0 fully saturated rings. The monoisotopic (exact) mass is 681 g/mol. The summed E-state index contributed by atoms with van der Waals surface area (Å²) in [5.41, 5.74) is 7.98. The van der Waals surface area contributed by atoms with Crippen molar-refractivity contribution < 1.29 is 0 Å². The molecule has 0 aliphatic rings. The number of aryl methyl sites for hydroxylation is 2. The minimum absolute atomic E-state index is 0.854. The molecule has 0 heterocycles. The molecule has 0 spiro atoms. The Morgan fingerprint density at radius 2 is 0.520 bits per heavy atom. The van der Waals surface area contributed by atoms with Gasteiger partial charge in [-0.1, -0.05) is 204 Å². The highest BCUT2D eigenvalue weighted by molar-refractivity contribution is 5.46. The van der Waals surface area contributed by atoms with E-state index in [-0.39, 0.29) is 0 Å². The Labute approximate surface area is 310 Å². The summed E-state index contributed by atoms with van der Waals surface area (Å²) < 4.78 is 0. The van der Waals surface area contributed by atoms with Gasteiger partial charge >= 0.3 is 0 Å². The standard InChI is InChI=1S/C48H76N2/c1-3-5-7-9-11-13-15-17-19-21-23-25-27-43-33-37-47(38-34-43)49-41-45-29-31-46(32-30-45)42-50-48-39-35-44(36-40-48)28-26-24-22-20-18-16-14-12-10-8-6-4-2/h29-40,49-50H,3-28,41-42H2,1-2H3. The van der Waals surface area contributed by atoms with E-state index in [9.17, 15) is 0 Å². The predicted molar refractivity (Wildman–Crippen MR) is 224 cm³/mol. The first-order chi connectivity index (χ1) is 24.8. The second-order valence-electron chi connectivity index (χ2n) is 15.2. The van der Waals surface area contributed by atoms with Gasteiger partial charge in [0.15, 0.2) is 0 Å². The van der Waals surface area contributed by atoms with Crippen molar-refractivity contribution in [2.45, 2.75) is 194 Å². The maximum absolute atomic E-state index is 3.61. The van der Waals surface area contributed by atoms with Gasteiger partial charge in [-0.3, -0.25) is 0 Å². The van der Waals surface area contributed by atoms with Crippen LogP contribution in [-0.2, 0) is 25.9 Å². The lowest BCUT2D eigenvalue weighted by molar-refractivity contribution is 0.544. The van der Waals surface area contributed by atoms with Gasteiger partial charge in [-0.05, 0) is 72.2 Å². The quantitative estimate of drug-likeness (QED) is 0.0641. The lowest BCUT2D eigenvalue weighted by Crippen LogP contribution is -2.02. The maximum atomic E-state index is 3.61. The van der Waals surface area contributed by atoms with Crippen molar-refractivity contribution in [3.8, 4) is 0 Å². The summed E-state index contributed by atoms with van der Waals surface area (Å²) in [6, 6.07) is 27.2. The number of anilines is 2. The molecule has 3 aromatic carbocycles. The van der Waals surface area contributed by atoms with E-state index >= 15 is 0 Å². The Morgan fingerprint density at radius 1 is 0.280 bits per heavy atom. The van der Waals surface area contributed by atoms with Crippen molar-refractivity contribution in [2.75, 3.05) is 10.6 Å². The zero-order chi connectivity index (χ0) is 35.2. The van der Waals surface area contributed by atoms with E-state index in [4.69, 9.17) is 0 Å². The van der Waals surface area contributed by atoms with Crippen LogP contribution in [0.2, 0.25) is 0 Å². The van der Waals surface area contributed by atoms with Crippen molar-refractivity contribution in [2.24, 2.45) is 0 Å². The summed E-state index contributed by atoms with van der Waals surface area (Å²) in [6.07, 6.45) is 36.3. The molecule has 0 aromatic heterocycles. The minimum atomic E-state index is 0.854. The molecule has 2 heteroatoms. The highest BCUT2D eigenvalue weighted by Gasteiger charge is 2.01. The smallest absolute Gasteiger partial charge is 0.0400 e. The number of benzene rings is 3. The number of rotatable bonds is 32. The average molecular weight is 681 g/mol. The molecule has 0 aliphatic heterocycles. The van der Waals surface area contributed by atoms with Gasteiger partial charge in [-0.15, -0.1) is 0 Å². The van der Waals surface area contributed by atoms with Crippen LogP contribution in [0.1, 0.15) is 190 Å². The van der Waals surface area contributed by atoms with Gasteiger partial charge < -0.3 is 10.6 Å². The second-order valence-corrected chi connectivity index (χ2v) is 15.2. The van der Waals surface area contributed by atoms with Crippen molar-refractivity contribution in [3.63, 3.8) is 0 Å². The number of hydrogen-bond acceptors (Lipinski definition) is 2. The molecule has 3 rings (SSSR count). The van der Waals surface area contributed by atoms with E-state index in [0.29, 0.717) is 0 Å². The van der Waals surface area contributed by atoms with Crippen LogP contribution in [0.25, 0.3) is 0 Å². The van der Waals surface area contributed by atoms with Crippen LogP contribution in [0.5, 0.6) is 0 Å². The summed E-state index contributed by atoms with van der Waals surface area (Å²) in [7, 11) is 0. The largest absolute Gasteiger partial charge is 0.381 e. The molecule has 50 heavy (non-hydrogen) atoms. The van der Waals surface area contributed by atoms with E-state index in [1.807, 2.05) is 0 Å². The number of unbranched alkanes of at least 4 members (excludes halogenated alkanes) is 22. The Hall–Kier alpha value is -2.74. The zero-order valence-corrected chi connectivity index (χ0v) is 32.7. The van der Waals surface area contributed by atoms with Crippen LogP contribution in [0, 0.1) is 0 Å². The minimum Gasteiger partial charge on any atom is -0.381 e. The Bertz CT molecular complexity index is 1070. The fraction of sp³-hybridized carbons (Fsp3) is 0.625. The molecule has 2 N–H and O–H groups in total. The third-order valence-corrected chi connectivity index (χ3v) is 10.6. The Morgan fingerprint density at radius 3 is 0.800 bits per heavy atom. The first kappa shape index (κ1) is 41.7. The molecule has 0 amide bonds. The molecule has 0 atom stereocenters. The topological polar surface area (TPSA) is 24.1 Å². The van der Waals surface area contributed by atoms with Crippen molar-refractivity contribution >= 4 is 11.4 Å². The summed E-state index contributed by atoms with van der Waals surface area (Å²) in [5, 5.41) is 7.22. The lowest BCUT2D eigenvalue weighted by Gasteiger charge is -2.10. The van der Waals surface area contributed by atoms with Crippen LogP contribution >= 0.6 is 0 Å². The van der Waals surface area contributed by atoms with Crippen molar-refractivity contribution in [1.82, 2.24) is 0 Å². The van der Waals surface area contributed by atoms with Gasteiger partial charge in [-0.25, -0.2) is 0 Å². The SMILES string of the molecule is CCCCCCCCCCCCCCc1ccc(NCc2ccc(CNc3ccc(CCCCCCCCCCCCCC)cc3)cc2)cc1. The molecule has 0 saturated heterocycles. The fourth-order valence-electron chi connectivity index (χ4n) is 7.10. The molecule has 0 aliphatic carbocycles. The van der Waals surface area contributed by atoms with E-state index in [1.54, 1.807) is 0 Å². The van der Waals surface area contributed by atoms with Crippen molar-refractivity contribution in [3.05, 3.63) is 95.1 Å². The molecule has 0 bridgehead atoms. The second kappa shape index (κ2) is 28.9. The highest BCUT2D eigenvalue weighted by atomic mass is 14.9. The average Bonchev–Trinajstić information content (AvgIpc) is 3.15. The van der Waals surface area contributed by atoms with Crippen molar-refractivity contribution in [1.29, 1.82) is 0 Å². The third kappa shape index (κ3) is 20.8. The van der Waals surface area contributed by atoms with E-state index in [1.165, 1.54) is 201 Å². The maximum Gasteiger partial charge on any atom is 0.0400 e. The van der Waals surface area contributed by atoms with Crippen LogP contribution in [0.15, 0.2) is 72.8 Å². The summed E-state index contributed by atoms with van der Waals surface area (Å²) in [5.74, 6) is 0. The van der Waals surface area contributed by atoms with Crippen LogP contribution in [0.4, 0.5) is 11.4 Å². The van der Waals surface area contributed by atoms with Crippen LogP contribution in [-0.4, -0.2) is 0 Å². The van der Waals surface area contributed by atoms with Gasteiger partial charge in [0.25, 0.3) is 0 Å². The Balaban J connectivity index is 1.18. The van der Waals surface area contributed by atoms with Crippen LogP contribution < -0.4 is 10.6 Å². The zero-order valence-electron chi connectivity index (χ0n) is 32.7. The van der Waals surface area contributed by atoms with Gasteiger partial charge in [0.1, 0.15) is 0 Å². The third-order valence-electron chi connectivity index (χ3n) is 10.6. The van der Waals surface area contributed by atoms with E-state index < -0.39 is 0 Å². The highest BCUT2D eigenvalue weighted by Crippen LogP contribution is 2.18. The normalized spacial score (nSPS) is 11.2. The summed E-state index contributed by atoms with van der Waals surface area (Å²) in [4.78, 5) is 0. The van der Waals surface area contributed by atoms with E-state index in [0.717, 1.165) is 13.1 Å².